The van der Waals surface area contributed by atoms with Crippen LogP contribution in [0.4, 0.5) is 0 Å². The summed E-state index contributed by atoms with van der Waals surface area (Å²) >= 11 is 0. The molecule has 0 bridgehead atoms. The van der Waals surface area contributed by atoms with Crippen molar-refractivity contribution < 1.29 is 80.2 Å². The van der Waals surface area contributed by atoms with Crippen LogP contribution < -0.4 is 0 Å². The molecule has 19 heteroatoms. The summed E-state index contributed by atoms with van der Waals surface area (Å²) < 4.78 is 68.2. The molecule has 0 aromatic carbocycles. The molecule has 560 valence electrons. The number of hydrogen-bond acceptors (Lipinski definition) is 15. The summed E-state index contributed by atoms with van der Waals surface area (Å²) in [7, 11) is -9.99. The molecule has 0 rings (SSSR count). The number of carbonyl (C=O) groups excluding carboxylic acids is 4. The number of esters is 4. The highest BCUT2D eigenvalue weighted by atomic mass is 31.2. The van der Waals surface area contributed by atoms with Crippen LogP contribution in [-0.2, 0) is 65.4 Å². The Bertz CT molecular complexity index is 2380. The molecule has 0 fully saturated rings. The van der Waals surface area contributed by atoms with Crippen LogP contribution in [0.1, 0.15) is 285 Å². The van der Waals surface area contributed by atoms with E-state index in [1.54, 1.807) is 6.08 Å². The summed E-state index contributed by atoms with van der Waals surface area (Å²) in [6.45, 7) is 4.44. The molecule has 0 aliphatic heterocycles. The zero-order valence-corrected chi connectivity index (χ0v) is 62.7. The normalized spacial score (nSPS) is 14.7. The minimum atomic E-state index is -5.00. The van der Waals surface area contributed by atoms with Gasteiger partial charge in [0.05, 0.1) is 32.8 Å². The van der Waals surface area contributed by atoms with E-state index in [-0.39, 0.29) is 25.7 Å². The van der Waals surface area contributed by atoms with E-state index in [2.05, 4.69) is 137 Å². The molecule has 17 nitrogen and oxygen atoms in total. The molecule has 0 radical (unpaired) electrons. The van der Waals surface area contributed by atoms with Crippen molar-refractivity contribution >= 4 is 39.5 Å². The van der Waals surface area contributed by atoms with Crippen molar-refractivity contribution in [3.05, 3.63) is 134 Å². The van der Waals surface area contributed by atoms with Gasteiger partial charge in [-0.05, 0) is 141 Å². The van der Waals surface area contributed by atoms with E-state index in [4.69, 9.17) is 37.0 Å². The maximum Gasteiger partial charge on any atom is 0.472 e. The van der Waals surface area contributed by atoms with Gasteiger partial charge in [0.1, 0.15) is 19.3 Å². The van der Waals surface area contributed by atoms with Crippen molar-refractivity contribution in [3.63, 3.8) is 0 Å². The predicted octanol–water partition coefficient (Wildman–Crippen LogP) is 21.3. The van der Waals surface area contributed by atoms with Gasteiger partial charge in [-0.15, -0.1) is 0 Å². The first-order valence-electron chi connectivity index (χ1n) is 37.4. The summed E-state index contributed by atoms with van der Waals surface area (Å²) in [6.07, 6.45) is 77.6. The van der Waals surface area contributed by atoms with Gasteiger partial charge >= 0.3 is 39.5 Å². The first-order valence-corrected chi connectivity index (χ1v) is 40.4. The molecule has 0 saturated heterocycles. The largest absolute Gasteiger partial charge is 0.472 e. The molecule has 5 atom stereocenters. The number of hydrogen-bond donors (Lipinski definition) is 3. The van der Waals surface area contributed by atoms with E-state index in [0.29, 0.717) is 25.7 Å². The Hall–Kier alpha value is -4.80. The number of carbonyl (C=O) groups is 4. The van der Waals surface area contributed by atoms with Gasteiger partial charge in [0, 0.05) is 19.3 Å². The second kappa shape index (κ2) is 70.6. The fourth-order valence-corrected chi connectivity index (χ4v) is 11.0. The third-order valence-electron chi connectivity index (χ3n) is 15.1. The standard InChI is InChI=1S/C79H132O17P2/c1-5-9-13-17-21-25-29-33-35-36-38-42-44-48-52-56-60-64-77(82)90-70-75(96-79(84)66-62-58-54-50-46-40-32-28-24-20-16-12-8-4)72-94-98(87,88)92-68-73(80)67-91-97(85,86)93-71-74(95-78(83)65-61-57-53-49-45-39-31-27-23-19-15-11-7-3)69-89-76(81)63-59-55-51-47-43-41-37-34-30-26-22-18-14-10-6-2/h9-10,13-14,21-22,25-28,31-35,37-38,42-43,47,55,59,73-75,80H,5-8,11-12,15-20,23-24,29-30,36,39-41,44-46,48-54,56-58,60-72H2,1-4H3,(H,85,86)(H,87,88)/b13-9-,14-10-,25-21-,26-22-,31-27-,32-28-,35-33-,37-34-,42-38-,47-43-,59-55-. The van der Waals surface area contributed by atoms with Crippen LogP contribution in [0.15, 0.2) is 134 Å². The Morgan fingerprint density at radius 2 is 0.571 bits per heavy atom. The molecular formula is C79H132O17P2. The van der Waals surface area contributed by atoms with Crippen LogP contribution in [0.2, 0.25) is 0 Å². The quantitative estimate of drug-likeness (QED) is 0.0169. The van der Waals surface area contributed by atoms with Gasteiger partial charge in [-0.2, -0.15) is 0 Å². The van der Waals surface area contributed by atoms with E-state index < -0.39 is 97.5 Å². The number of aliphatic hydroxyl groups is 1. The van der Waals surface area contributed by atoms with Crippen LogP contribution in [-0.4, -0.2) is 96.7 Å². The summed E-state index contributed by atoms with van der Waals surface area (Å²) in [5.74, 6) is -2.37. The summed E-state index contributed by atoms with van der Waals surface area (Å²) in [5, 5.41) is 10.6. The van der Waals surface area contributed by atoms with E-state index in [9.17, 15) is 43.2 Å². The van der Waals surface area contributed by atoms with Crippen molar-refractivity contribution in [2.75, 3.05) is 39.6 Å². The molecule has 0 aliphatic carbocycles. The van der Waals surface area contributed by atoms with Gasteiger partial charge in [0.15, 0.2) is 12.2 Å². The zero-order chi connectivity index (χ0) is 71.8. The third kappa shape index (κ3) is 69.7. The monoisotopic (exact) mass is 1410 g/mol. The third-order valence-corrected chi connectivity index (χ3v) is 17.0. The highest BCUT2D eigenvalue weighted by Crippen LogP contribution is 2.45. The van der Waals surface area contributed by atoms with Crippen molar-refractivity contribution in [1.29, 1.82) is 0 Å². The maximum atomic E-state index is 13.1. The van der Waals surface area contributed by atoms with Gasteiger partial charge in [0.2, 0.25) is 0 Å². The van der Waals surface area contributed by atoms with Crippen molar-refractivity contribution in [1.82, 2.24) is 0 Å². The molecular weight excluding hydrogens is 1280 g/mol. The number of rotatable bonds is 69. The highest BCUT2D eigenvalue weighted by Gasteiger charge is 2.30. The smallest absolute Gasteiger partial charge is 0.462 e. The number of aliphatic hydroxyl groups excluding tert-OH is 1. The Balaban J connectivity index is 5.44. The summed E-state index contributed by atoms with van der Waals surface area (Å²) in [6, 6.07) is 0. The number of unbranched alkanes of at least 4 members (excludes halogenated alkanes) is 22. The molecule has 0 saturated carbocycles. The lowest BCUT2D eigenvalue weighted by atomic mass is 10.1. The lowest BCUT2D eigenvalue weighted by Gasteiger charge is -2.21. The van der Waals surface area contributed by atoms with Gasteiger partial charge in [-0.25, -0.2) is 9.13 Å². The SMILES string of the molecule is CC/C=C\C/C=C\C/C=C\C/C=C\C/C=C\CC(=O)OCC(COP(=O)(O)OCC(O)COP(=O)(O)OCC(COC(=O)CCCCCC/C=C\C/C=C\C/C=C\C/C=C\CC)OC(=O)CCCCCCC/C=C\CCCCCC)OC(=O)CCCCCCC/C=C\CCCCCC. The Morgan fingerprint density at radius 3 is 0.918 bits per heavy atom. The first-order chi connectivity index (χ1) is 47.7. The van der Waals surface area contributed by atoms with Crippen LogP contribution in [0, 0.1) is 0 Å². The molecule has 0 amide bonds. The van der Waals surface area contributed by atoms with Crippen molar-refractivity contribution in [3.8, 4) is 0 Å². The first kappa shape index (κ1) is 93.2. The number of ether oxygens (including phenoxy) is 4. The molecule has 0 spiro atoms. The number of phosphoric ester groups is 2. The van der Waals surface area contributed by atoms with E-state index in [1.807, 2.05) is 18.2 Å². The topological polar surface area (TPSA) is 237 Å². The fraction of sp³-hybridized carbons (Fsp3) is 0.671. The Morgan fingerprint density at radius 1 is 0.306 bits per heavy atom. The maximum absolute atomic E-state index is 13.1. The molecule has 0 aromatic rings. The van der Waals surface area contributed by atoms with E-state index >= 15 is 0 Å². The lowest BCUT2D eigenvalue weighted by Crippen LogP contribution is -2.30. The minimum absolute atomic E-state index is 0.0622. The molecule has 5 unspecified atom stereocenters. The van der Waals surface area contributed by atoms with Gasteiger partial charge in [-0.3, -0.25) is 37.3 Å². The predicted molar refractivity (Wildman–Crippen MR) is 399 cm³/mol. The van der Waals surface area contributed by atoms with Gasteiger partial charge in [0.25, 0.3) is 0 Å². The molecule has 3 N–H and O–H groups in total. The second-order valence-electron chi connectivity index (χ2n) is 24.5. The highest BCUT2D eigenvalue weighted by molar-refractivity contribution is 7.47. The molecule has 0 aliphatic rings. The fourth-order valence-electron chi connectivity index (χ4n) is 9.45. The Labute approximate surface area is 593 Å². The zero-order valence-electron chi connectivity index (χ0n) is 60.9. The summed E-state index contributed by atoms with van der Waals surface area (Å²) in [4.78, 5) is 72.7. The molecule has 98 heavy (non-hydrogen) atoms. The molecule has 0 aromatic heterocycles. The van der Waals surface area contributed by atoms with Crippen LogP contribution >= 0.6 is 15.6 Å². The van der Waals surface area contributed by atoms with Gasteiger partial charge < -0.3 is 33.8 Å². The van der Waals surface area contributed by atoms with E-state index in [1.165, 1.54) is 51.4 Å². The van der Waals surface area contributed by atoms with Crippen LogP contribution in [0.25, 0.3) is 0 Å². The van der Waals surface area contributed by atoms with Crippen LogP contribution in [0.5, 0.6) is 0 Å². The molecule has 0 heterocycles. The van der Waals surface area contributed by atoms with Crippen LogP contribution in [0.3, 0.4) is 0 Å². The number of allylic oxidation sites excluding steroid dienone is 21. The van der Waals surface area contributed by atoms with Crippen molar-refractivity contribution in [2.45, 2.75) is 303 Å². The average molecular weight is 1420 g/mol. The number of phosphoric acid groups is 2. The Kier molecular flexibility index (Phi) is 67.2. The van der Waals surface area contributed by atoms with Gasteiger partial charge in [-0.1, -0.05) is 251 Å². The second-order valence-corrected chi connectivity index (χ2v) is 27.4. The average Bonchev–Trinajstić information content (AvgIpc) is 0.971. The summed E-state index contributed by atoms with van der Waals surface area (Å²) in [5.41, 5.74) is 0. The van der Waals surface area contributed by atoms with Crippen molar-refractivity contribution in [2.24, 2.45) is 0 Å². The minimum Gasteiger partial charge on any atom is -0.462 e. The lowest BCUT2D eigenvalue weighted by molar-refractivity contribution is -0.161. The van der Waals surface area contributed by atoms with E-state index in [0.717, 1.165) is 154 Å².